The minimum atomic E-state index is -0.468. The summed E-state index contributed by atoms with van der Waals surface area (Å²) in [6.45, 7) is 0. The molecule has 144 valence electrons. The fourth-order valence-electron chi connectivity index (χ4n) is 3.12. The Balaban J connectivity index is 1.86. The molecule has 0 aliphatic carbocycles. The normalized spacial score (nSPS) is 13.9. The number of para-hydroxylation sites is 1. The van der Waals surface area contributed by atoms with Crippen LogP contribution in [0.15, 0.2) is 88.7 Å². The summed E-state index contributed by atoms with van der Waals surface area (Å²) in [5, 5.41) is 0. The monoisotopic (exact) mass is 405 g/mol. The number of amides is 2. The molecule has 1 heterocycles. The third-order valence-electron chi connectivity index (χ3n) is 4.47. The van der Waals surface area contributed by atoms with Gasteiger partial charge in [-0.3, -0.25) is 9.59 Å². The maximum absolute atomic E-state index is 13.4. The van der Waals surface area contributed by atoms with E-state index in [1.54, 1.807) is 24.3 Å². The zero-order valence-corrected chi connectivity index (χ0v) is 16.3. The number of nitrogens with zero attached hydrogens (tertiary/aromatic N) is 1. The van der Waals surface area contributed by atoms with Gasteiger partial charge < -0.3 is 4.74 Å². The standard InChI is InChI=1S/C23H16FNO3S/c1-28-19-10-6-5-9-18(19)20-21(29-17-7-3-2-4-8-17)23(27)25(22(20)26)16-13-11-15(24)12-14-16/h2-14H,1H3. The Hall–Kier alpha value is -3.38. The van der Waals surface area contributed by atoms with Gasteiger partial charge in [0.15, 0.2) is 0 Å². The van der Waals surface area contributed by atoms with E-state index in [2.05, 4.69) is 0 Å². The van der Waals surface area contributed by atoms with Crippen molar-refractivity contribution in [3.8, 4) is 5.75 Å². The van der Waals surface area contributed by atoms with Crippen LogP contribution in [0.3, 0.4) is 0 Å². The van der Waals surface area contributed by atoms with E-state index in [-0.39, 0.29) is 5.57 Å². The van der Waals surface area contributed by atoms with E-state index in [0.29, 0.717) is 21.9 Å². The minimum absolute atomic E-state index is 0.269. The van der Waals surface area contributed by atoms with Crippen molar-refractivity contribution < 1.29 is 18.7 Å². The molecule has 6 heteroatoms. The van der Waals surface area contributed by atoms with Crippen molar-refractivity contribution in [1.82, 2.24) is 0 Å². The molecular formula is C23H16FNO3S. The highest BCUT2D eigenvalue weighted by Gasteiger charge is 2.41. The van der Waals surface area contributed by atoms with E-state index in [1.807, 2.05) is 30.3 Å². The number of hydrogen-bond acceptors (Lipinski definition) is 4. The van der Waals surface area contributed by atoms with Crippen molar-refractivity contribution >= 4 is 34.8 Å². The summed E-state index contributed by atoms with van der Waals surface area (Å²) in [5.74, 6) is -0.860. The van der Waals surface area contributed by atoms with Gasteiger partial charge in [0.25, 0.3) is 11.8 Å². The van der Waals surface area contributed by atoms with Crippen LogP contribution < -0.4 is 9.64 Å². The van der Waals surface area contributed by atoms with Crippen molar-refractivity contribution in [2.24, 2.45) is 0 Å². The largest absolute Gasteiger partial charge is 0.496 e. The quantitative estimate of drug-likeness (QED) is 0.566. The predicted molar refractivity (Wildman–Crippen MR) is 111 cm³/mol. The Labute approximate surface area is 171 Å². The van der Waals surface area contributed by atoms with Gasteiger partial charge in [-0.15, -0.1) is 0 Å². The third-order valence-corrected chi connectivity index (χ3v) is 5.56. The lowest BCUT2D eigenvalue weighted by Gasteiger charge is -2.15. The Bertz CT molecular complexity index is 1110. The predicted octanol–water partition coefficient (Wildman–Crippen LogP) is 4.91. The molecule has 29 heavy (non-hydrogen) atoms. The van der Waals surface area contributed by atoms with Crippen molar-refractivity contribution in [3.63, 3.8) is 0 Å². The number of halogens is 1. The lowest BCUT2D eigenvalue weighted by molar-refractivity contribution is -0.119. The molecule has 2 amide bonds. The Morgan fingerprint density at radius 2 is 1.48 bits per heavy atom. The Morgan fingerprint density at radius 1 is 0.828 bits per heavy atom. The summed E-state index contributed by atoms with van der Waals surface area (Å²) >= 11 is 1.22. The molecule has 1 aliphatic rings. The van der Waals surface area contributed by atoms with E-state index in [0.717, 1.165) is 9.80 Å². The molecule has 0 fully saturated rings. The van der Waals surface area contributed by atoms with Gasteiger partial charge in [0.05, 0.1) is 23.3 Å². The van der Waals surface area contributed by atoms with Crippen molar-refractivity contribution in [2.75, 3.05) is 12.0 Å². The molecule has 0 radical (unpaired) electrons. The molecule has 0 spiro atoms. The topological polar surface area (TPSA) is 46.6 Å². The van der Waals surface area contributed by atoms with Crippen LogP contribution in [0.2, 0.25) is 0 Å². The van der Waals surface area contributed by atoms with Gasteiger partial charge in [-0.2, -0.15) is 0 Å². The zero-order chi connectivity index (χ0) is 20.4. The number of methoxy groups -OCH3 is 1. The SMILES string of the molecule is COc1ccccc1C1=C(Sc2ccccc2)C(=O)N(c2ccc(F)cc2)C1=O. The van der Waals surface area contributed by atoms with E-state index in [4.69, 9.17) is 4.74 Å². The first kappa shape index (κ1) is 19.0. The average molecular weight is 405 g/mol. The first-order chi connectivity index (χ1) is 14.1. The highest BCUT2D eigenvalue weighted by molar-refractivity contribution is 8.04. The number of hydrogen-bond donors (Lipinski definition) is 0. The maximum atomic E-state index is 13.4. The Kier molecular flexibility index (Phi) is 5.18. The molecule has 4 rings (SSSR count). The number of carbonyl (C=O) groups excluding carboxylic acids is 2. The number of benzene rings is 3. The molecule has 1 aliphatic heterocycles. The number of thioether (sulfide) groups is 1. The van der Waals surface area contributed by atoms with Gasteiger partial charge in [0.2, 0.25) is 0 Å². The van der Waals surface area contributed by atoms with E-state index in [9.17, 15) is 14.0 Å². The van der Waals surface area contributed by atoms with Crippen LogP contribution in [0.1, 0.15) is 5.56 Å². The van der Waals surface area contributed by atoms with Gasteiger partial charge >= 0.3 is 0 Å². The minimum Gasteiger partial charge on any atom is -0.496 e. The van der Waals surface area contributed by atoms with Gasteiger partial charge in [0, 0.05) is 10.5 Å². The number of rotatable bonds is 5. The van der Waals surface area contributed by atoms with Gasteiger partial charge in [-0.25, -0.2) is 9.29 Å². The number of anilines is 1. The summed E-state index contributed by atoms with van der Waals surface area (Å²) in [7, 11) is 1.52. The molecule has 0 saturated carbocycles. The van der Waals surface area contributed by atoms with Crippen molar-refractivity contribution in [2.45, 2.75) is 4.90 Å². The lowest BCUT2D eigenvalue weighted by atomic mass is 10.0. The summed E-state index contributed by atoms with van der Waals surface area (Å²) in [6, 6.07) is 21.7. The van der Waals surface area contributed by atoms with Crippen LogP contribution in [0.25, 0.3) is 5.57 Å². The zero-order valence-electron chi connectivity index (χ0n) is 15.5. The molecule has 0 unspecified atom stereocenters. The number of ether oxygens (including phenoxy) is 1. The molecule has 0 saturated heterocycles. The summed E-state index contributed by atoms with van der Waals surface area (Å²) in [4.78, 5) is 28.8. The van der Waals surface area contributed by atoms with Crippen LogP contribution in [0.5, 0.6) is 5.75 Å². The molecule has 0 atom stereocenters. The second-order valence-electron chi connectivity index (χ2n) is 6.24. The Morgan fingerprint density at radius 3 is 2.17 bits per heavy atom. The highest BCUT2D eigenvalue weighted by atomic mass is 32.2. The second-order valence-corrected chi connectivity index (χ2v) is 7.33. The molecular weight excluding hydrogens is 389 g/mol. The molecule has 3 aromatic rings. The van der Waals surface area contributed by atoms with Crippen LogP contribution in [0.4, 0.5) is 10.1 Å². The van der Waals surface area contributed by atoms with E-state index in [1.165, 1.54) is 43.1 Å². The number of imide groups is 1. The van der Waals surface area contributed by atoms with Gasteiger partial charge in [-0.05, 0) is 42.5 Å². The van der Waals surface area contributed by atoms with Crippen LogP contribution >= 0.6 is 11.8 Å². The van der Waals surface area contributed by atoms with Crippen molar-refractivity contribution in [3.05, 3.63) is 95.1 Å². The smallest absolute Gasteiger partial charge is 0.272 e. The first-order valence-electron chi connectivity index (χ1n) is 8.85. The fraction of sp³-hybridized carbons (Fsp3) is 0.0435. The third kappa shape index (κ3) is 3.54. The molecule has 0 N–H and O–H groups in total. The lowest BCUT2D eigenvalue weighted by Crippen LogP contribution is -2.31. The fourth-order valence-corrected chi connectivity index (χ4v) is 4.13. The first-order valence-corrected chi connectivity index (χ1v) is 9.66. The highest BCUT2D eigenvalue weighted by Crippen LogP contribution is 2.43. The van der Waals surface area contributed by atoms with Crippen LogP contribution in [-0.4, -0.2) is 18.9 Å². The summed E-state index contributed by atoms with van der Waals surface area (Å²) < 4.78 is 18.8. The average Bonchev–Trinajstić information content (AvgIpc) is 2.99. The molecule has 0 aromatic heterocycles. The van der Waals surface area contributed by atoms with E-state index < -0.39 is 17.6 Å². The summed E-state index contributed by atoms with van der Waals surface area (Å²) in [5.41, 5.74) is 1.12. The second kappa shape index (κ2) is 7.93. The van der Waals surface area contributed by atoms with Gasteiger partial charge in [-0.1, -0.05) is 48.2 Å². The molecule has 4 nitrogen and oxygen atoms in total. The van der Waals surface area contributed by atoms with Crippen LogP contribution in [0, 0.1) is 5.82 Å². The van der Waals surface area contributed by atoms with Crippen LogP contribution in [-0.2, 0) is 9.59 Å². The van der Waals surface area contributed by atoms with Gasteiger partial charge in [0.1, 0.15) is 11.6 Å². The molecule has 0 bridgehead atoms. The number of carbonyl (C=O) groups is 2. The maximum Gasteiger partial charge on any atom is 0.272 e. The summed E-state index contributed by atoms with van der Waals surface area (Å²) in [6.07, 6.45) is 0. The van der Waals surface area contributed by atoms with E-state index >= 15 is 0 Å². The molecule has 3 aromatic carbocycles. The van der Waals surface area contributed by atoms with Crippen molar-refractivity contribution in [1.29, 1.82) is 0 Å².